The SMILES string of the molecule is CCNCC(=O)N1CC(O)(C(C)C)C1. The van der Waals surface area contributed by atoms with Crippen molar-refractivity contribution in [2.75, 3.05) is 26.2 Å². The number of aliphatic hydroxyl groups is 1. The summed E-state index contributed by atoms with van der Waals surface area (Å²) in [5, 5.41) is 12.9. The van der Waals surface area contributed by atoms with E-state index in [0.29, 0.717) is 19.6 Å². The van der Waals surface area contributed by atoms with Gasteiger partial charge in [-0.15, -0.1) is 0 Å². The Morgan fingerprint density at radius 3 is 2.57 bits per heavy atom. The highest BCUT2D eigenvalue weighted by molar-refractivity contribution is 5.79. The van der Waals surface area contributed by atoms with E-state index < -0.39 is 5.60 Å². The van der Waals surface area contributed by atoms with E-state index in [0.717, 1.165) is 6.54 Å². The molecule has 2 N–H and O–H groups in total. The average molecular weight is 200 g/mol. The van der Waals surface area contributed by atoms with E-state index in [1.54, 1.807) is 4.90 Å². The van der Waals surface area contributed by atoms with E-state index in [1.807, 2.05) is 20.8 Å². The molecule has 82 valence electrons. The molecule has 1 aliphatic rings. The second-order valence-corrected chi connectivity index (χ2v) is 4.29. The molecule has 0 aliphatic carbocycles. The van der Waals surface area contributed by atoms with Gasteiger partial charge in [-0.05, 0) is 12.5 Å². The normalized spacial score (nSPS) is 19.6. The van der Waals surface area contributed by atoms with Gasteiger partial charge in [0.05, 0.1) is 19.6 Å². The zero-order valence-electron chi connectivity index (χ0n) is 9.21. The third-order valence-corrected chi connectivity index (χ3v) is 2.88. The maximum atomic E-state index is 11.4. The van der Waals surface area contributed by atoms with Crippen molar-refractivity contribution in [1.82, 2.24) is 10.2 Å². The summed E-state index contributed by atoms with van der Waals surface area (Å²) in [4.78, 5) is 13.1. The third kappa shape index (κ3) is 2.25. The smallest absolute Gasteiger partial charge is 0.236 e. The number of amides is 1. The van der Waals surface area contributed by atoms with Crippen molar-refractivity contribution in [3.8, 4) is 0 Å². The van der Waals surface area contributed by atoms with Crippen LogP contribution in [0.25, 0.3) is 0 Å². The van der Waals surface area contributed by atoms with Gasteiger partial charge in [-0.2, -0.15) is 0 Å². The molecule has 1 aliphatic heterocycles. The summed E-state index contributed by atoms with van der Waals surface area (Å²) in [5.41, 5.74) is -0.651. The lowest BCUT2D eigenvalue weighted by atomic mass is 9.83. The molecule has 0 bridgehead atoms. The van der Waals surface area contributed by atoms with Crippen LogP contribution < -0.4 is 5.32 Å². The van der Waals surface area contributed by atoms with Crippen molar-refractivity contribution >= 4 is 5.91 Å². The predicted octanol–water partition coefficient (Wildman–Crippen LogP) is -0.175. The summed E-state index contributed by atoms with van der Waals surface area (Å²) in [6.07, 6.45) is 0. The van der Waals surface area contributed by atoms with Gasteiger partial charge in [0, 0.05) is 0 Å². The van der Waals surface area contributed by atoms with Crippen molar-refractivity contribution in [3.63, 3.8) is 0 Å². The number of likely N-dealkylation sites (tertiary alicyclic amines) is 1. The summed E-state index contributed by atoms with van der Waals surface area (Å²) >= 11 is 0. The Hall–Kier alpha value is -0.610. The minimum Gasteiger partial charge on any atom is -0.386 e. The first-order valence-electron chi connectivity index (χ1n) is 5.20. The van der Waals surface area contributed by atoms with E-state index in [-0.39, 0.29) is 11.8 Å². The fourth-order valence-corrected chi connectivity index (χ4v) is 1.50. The quantitative estimate of drug-likeness (QED) is 0.662. The maximum absolute atomic E-state index is 11.4. The monoisotopic (exact) mass is 200 g/mol. The van der Waals surface area contributed by atoms with Crippen molar-refractivity contribution in [2.24, 2.45) is 5.92 Å². The lowest BCUT2D eigenvalue weighted by Crippen LogP contribution is -2.66. The number of β-amino-alcohol motifs (C(OH)–C–C–N with tert-alkyl or cyclic N) is 1. The molecule has 0 spiro atoms. The van der Waals surface area contributed by atoms with Gasteiger partial charge in [0.25, 0.3) is 0 Å². The molecule has 14 heavy (non-hydrogen) atoms. The van der Waals surface area contributed by atoms with E-state index in [4.69, 9.17) is 0 Å². The Kier molecular flexibility index (Phi) is 3.50. The Balaban J connectivity index is 2.30. The molecule has 1 heterocycles. The molecule has 0 atom stereocenters. The Labute approximate surface area is 85.3 Å². The molecule has 4 nitrogen and oxygen atoms in total. The van der Waals surface area contributed by atoms with Crippen LogP contribution in [-0.4, -0.2) is 47.7 Å². The predicted molar refractivity (Wildman–Crippen MR) is 54.9 cm³/mol. The lowest BCUT2D eigenvalue weighted by molar-refractivity contribution is -0.162. The van der Waals surface area contributed by atoms with Crippen LogP contribution in [0.1, 0.15) is 20.8 Å². The fraction of sp³-hybridized carbons (Fsp3) is 0.900. The second-order valence-electron chi connectivity index (χ2n) is 4.29. The van der Waals surface area contributed by atoms with Gasteiger partial charge in [0.1, 0.15) is 5.60 Å². The first kappa shape index (κ1) is 11.5. The van der Waals surface area contributed by atoms with Crippen molar-refractivity contribution in [3.05, 3.63) is 0 Å². The van der Waals surface area contributed by atoms with Crippen LogP contribution >= 0.6 is 0 Å². The van der Waals surface area contributed by atoms with E-state index in [9.17, 15) is 9.90 Å². The number of carbonyl (C=O) groups excluding carboxylic acids is 1. The molecule has 1 saturated heterocycles. The number of hydrogen-bond donors (Lipinski definition) is 2. The Bertz CT molecular complexity index is 210. The maximum Gasteiger partial charge on any atom is 0.236 e. The van der Waals surface area contributed by atoms with E-state index in [2.05, 4.69) is 5.32 Å². The Morgan fingerprint density at radius 2 is 2.14 bits per heavy atom. The lowest BCUT2D eigenvalue weighted by Gasteiger charge is -2.49. The van der Waals surface area contributed by atoms with Gasteiger partial charge in [-0.1, -0.05) is 20.8 Å². The topological polar surface area (TPSA) is 52.6 Å². The zero-order chi connectivity index (χ0) is 10.8. The zero-order valence-corrected chi connectivity index (χ0v) is 9.21. The molecule has 0 aromatic rings. The van der Waals surface area contributed by atoms with Crippen LogP contribution in [-0.2, 0) is 4.79 Å². The van der Waals surface area contributed by atoms with Gasteiger partial charge < -0.3 is 15.3 Å². The summed E-state index contributed by atoms with van der Waals surface area (Å²) in [6.45, 7) is 8.06. The second kappa shape index (κ2) is 4.28. The molecule has 1 amide bonds. The molecule has 0 radical (unpaired) electrons. The molecule has 1 rings (SSSR count). The van der Waals surface area contributed by atoms with Gasteiger partial charge in [0.15, 0.2) is 0 Å². The molecular formula is C10H20N2O2. The van der Waals surface area contributed by atoms with E-state index in [1.165, 1.54) is 0 Å². The highest BCUT2D eigenvalue weighted by Crippen LogP contribution is 2.28. The molecule has 0 aromatic heterocycles. The van der Waals surface area contributed by atoms with Gasteiger partial charge in [-0.3, -0.25) is 4.79 Å². The van der Waals surface area contributed by atoms with Gasteiger partial charge in [-0.25, -0.2) is 0 Å². The molecule has 4 heteroatoms. The number of rotatable bonds is 4. The summed E-state index contributed by atoms with van der Waals surface area (Å²) in [5.74, 6) is 0.294. The van der Waals surface area contributed by atoms with Crippen LogP contribution in [0.2, 0.25) is 0 Å². The molecule has 0 unspecified atom stereocenters. The Morgan fingerprint density at radius 1 is 1.57 bits per heavy atom. The van der Waals surface area contributed by atoms with Crippen LogP contribution in [0.4, 0.5) is 0 Å². The molecule has 1 fully saturated rings. The highest BCUT2D eigenvalue weighted by atomic mass is 16.3. The molecule has 0 saturated carbocycles. The standard InChI is InChI=1S/C10H20N2O2/c1-4-11-5-9(13)12-6-10(14,7-12)8(2)3/h8,11,14H,4-7H2,1-3H3. The minimum absolute atomic E-state index is 0.0807. The largest absolute Gasteiger partial charge is 0.386 e. The van der Waals surface area contributed by atoms with Gasteiger partial charge in [0.2, 0.25) is 5.91 Å². The summed E-state index contributed by atoms with van der Waals surface area (Å²) < 4.78 is 0. The number of carbonyl (C=O) groups is 1. The van der Waals surface area contributed by atoms with Crippen LogP contribution in [0.3, 0.4) is 0 Å². The number of nitrogens with one attached hydrogen (secondary N) is 1. The highest BCUT2D eigenvalue weighted by Gasteiger charge is 2.45. The number of hydrogen-bond acceptors (Lipinski definition) is 3. The first-order valence-corrected chi connectivity index (χ1v) is 5.20. The van der Waals surface area contributed by atoms with Crippen LogP contribution in [0.5, 0.6) is 0 Å². The number of nitrogens with zero attached hydrogens (tertiary/aromatic N) is 1. The van der Waals surface area contributed by atoms with Crippen molar-refractivity contribution in [2.45, 2.75) is 26.4 Å². The van der Waals surface area contributed by atoms with Crippen molar-refractivity contribution < 1.29 is 9.90 Å². The third-order valence-electron chi connectivity index (χ3n) is 2.88. The number of likely N-dealkylation sites (N-methyl/N-ethyl adjacent to an activating group) is 1. The average Bonchev–Trinajstić information content (AvgIpc) is 2.08. The van der Waals surface area contributed by atoms with Crippen LogP contribution in [0, 0.1) is 5.92 Å². The summed E-state index contributed by atoms with van der Waals surface area (Å²) in [6, 6.07) is 0. The molecule has 0 aromatic carbocycles. The van der Waals surface area contributed by atoms with Gasteiger partial charge >= 0.3 is 0 Å². The minimum atomic E-state index is -0.651. The van der Waals surface area contributed by atoms with E-state index >= 15 is 0 Å². The fourth-order valence-electron chi connectivity index (χ4n) is 1.50. The molecular weight excluding hydrogens is 180 g/mol. The van der Waals surface area contributed by atoms with Crippen LogP contribution in [0.15, 0.2) is 0 Å². The van der Waals surface area contributed by atoms with Crippen molar-refractivity contribution in [1.29, 1.82) is 0 Å². The summed E-state index contributed by atoms with van der Waals surface area (Å²) in [7, 11) is 0. The first-order chi connectivity index (χ1) is 6.49.